The molecule has 4 nitrogen and oxygen atoms in total. The molecule has 1 aromatic carbocycles. The van der Waals surface area contributed by atoms with Crippen LogP contribution < -0.4 is 0 Å². The van der Waals surface area contributed by atoms with Crippen molar-refractivity contribution in [1.29, 1.82) is 0 Å². The zero-order valence-corrected chi connectivity index (χ0v) is 14.7. The van der Waals surface area contributed by atoms with Crippen molar-refractivity contribution in [2.45, 2.75) is 49.0 Å². The molecule has 0 atom stereocenters. The van der Waals surface area contributed by atoms with Crippen LogP contribution in [0.4, 0.5) is 0 Å². The molecule has 23 heavy (non-hydrogen) atoms. The Morgan fingerprint density at radius 3 is 2.22 bits per heavy atom. The van der Waals surface area contributed by atoms with E-state index in [1.165, 1.54) is 11.8 Å². The minimum atomic E-state index is -3.62. The van der Waals surface area contributed by atoms with Crippen LogP contribution in [-0.2, 0) is 19.4 Å². The summed E-state index contributed by atoms with van der Waals surface area (Å²) in [6.45, 7) is 0. The molecule has 0 radical (unpaired) electrons. The molecule has 1 heterocycles. The van der Waals surface area contributed by atoms with Crippen LogP contribution in [0.15, 0.2) is 45.0 Å². The third-order valence-electron chi connectivity index (χ3n) is 4.34. The largest absolute Gasteiger partial charge is 0.449 e. The fourth-order valence-electron chi connectivity index (χ4n) is 3.26. The molecule has 0 bridgehead atoms. The Hall–Kier alpha value is -1.27. The average molecular weight is 352 g/mol. The highest BCUT2D eigenvalue weighted by atomic mass is 32.2. The van der Waals surface area contributed by atoms with E-state index < -0.39 is 21.4 Å². The van der Waals surface area contributed by atoms with E-state index in [-0.39, 0.29) is 4.91 Å². The highest BCUT2D eigenvalue weighted by Gasteiger charge is 2.50. The maximum atomic E-state index is 12.3. The zero-order valence-electron chi connectivity index (χ0n) is 13.1. The van der Waals surface area contributed by atoms with E-state index in [0.717, 1.165) is 36.8 Å². The quantitative estimate of drug-likeness (QED) is 0.777. The number of hydrogen-bond acceptors (Lipinski definition) is 5. The molecule has 1 fully saturated rings. The molecule has 1 spiro atoms. The maximum absolute atomic E-state index is 12.3. The highest BCUT2D eigenvalue weighted by molar-refractivity contribution is 8.04. The smallest absolute Gasteiger partial charge is 0.351 e. The highest BCUT2D eigenvalue weighted by Crippen LogP contribution is 2.50. The lowest BCUT2D eigenvalue weighted by molar-refractivity contribution is -0.146. The minimum absolute atomic E-state index is 0.145. The fraction of sp³-hybridized carbons (Fsp3) is 0.471. The third kappa shape index (κ3) is 3.33. The Morgan fingerprint density at radius 1 is 1.04 bits per heavy atom. The van der Waals surface area contributed by atoms with Crippen molar-refractivity contribution < 1.29 is 17.9 Å². The summed E-state index contributed by atoms with van der Waals surface area (Å²) in [6.07, 6.45) is 6.57. The molecule has 0 unspecified atom stereocenters. The molecule has 0 saturated heterocycles. The number of thioether (sulfide) groups is 1. The third-order valence-corrected chi connectivity index (χ3v) is 6.87. The van der Waals surface area contributed by atoms with E-state index in [0.29, 0.717) is 17.7 Å². The van der Waals surface area contributed by atoms with Gasteiger partial charge in [-0.3, -0.25) is 0 Å². The van der Waals surface area contributed by atoms with Gasteiger partial charge in [0.2, 0.25) is 0 Å². The molecule has 1 saturated carbocycles. The Bertz CT molecular complexity index is 727. The van der Waals surface area contributed by atoms with Gasteiger partial charge in [0.15, 0.2) is 14.7 Å². The van der Waals surface area contributed by atoms with Crippen LogP contribution >= 0.6 is 11.8 Å². The van der Waals surface area contributed by atoms with Crippen LogP contribution in [0.1, 0.15) is 38.5 Å². The van der Waals surface area contributed by atoms with Crippen molar-refractivity contribution >= 4 is 27.6 Å². The number of benzene rings is 1. The molecular formula is C17H20O4S2. The standard InChI is InChI=1S/C17H20O4S2/c1-23(19,20)14-15(22-13-9-5-4-6-10-13)17(21-16(14)18)11-7-2-3-8-12-17/h4-6,9-10H,2-3,7-8,11-12H2,1H3. The normalized spacial score (nSPS) is 21.3. The Balaban J connectivity index is 2.10. The Labute approximate surface area is 141 Å². The second-order valence-electron chi connectivity index (χ2n) is 6.14. The first-order valence-corrected chi connectivity index (χ1v) is 10.5. The van der Waals surface area contributed by atoms with Gasteiger partial charge in [0.1, 0.15) is 5.60 Å². The van der Waals surface area contributed by atoms with Crippen molar-refractivity contribution in [2.24, 2.45) is 0 Å². The Kier molecular flexibility index (Phi) is 4.56. The maximum Gasteiger partial charge on any atom is 0.351 e. The average Bonchev–Trinajstić information content (AvgIpc) is 2.64. The SMILES string of the molecule is CS(=O)(=O)C1=C(Sc2ccccc2)C2(CCCCCC2)OC1=O. The van der Waals surface area contributed by atoms with E-state index >= 15 is 0 Å². The minimum Gasteiger partial charge on any atom is -0.449 e. The predicted octanol–water partition coefficient (Wildman–Crippen LogP) is 3.68. The van der Waals surface area contributed by atoms with Crippen LogP contribution in [0.2, 0.25) is 0 Å². The van der Waals surface area contributed by atoms with Crippen molar-refractivity contribution in [2.75, 3.05) is 6.26 Å². The van der Waals surface area contributed by atoms with Crippen LogP contribution in [-0.4, -0.2) is 26.2 Å². The van der Waals surface area contributed by atoms with Crippen molar-refractivity contribution in [1.82, 2.24) is 0 Å². The molecule has 124 valence electrons. The monoisotopic (exact) mass is 352 g/mol. The van der Waals surface area contributed by atoms with E-state index in [1.54, 1.807) is 0 Å². The van der Waals surface area contributed by atoms with E-state index in [2.05, 4.69) is 0 Å². The van der Waals surface area contributed by atoms with Gasteiger partial charge in [-0.15, -0.1) is 0 Å². The van der Waals surface area contributed by atoms with Crippen molar-refractivity contribution in [3.63, 3.8) is 0 Å². The van der Waals surface area contributed by atoms with Gasteiger partial charge in [0, 0.05) is 11.2 Å². The molecule has 1 aliphatic carbocycles. The first-order valence-electron chi connectivity index (χ1n) is 7.83. The lowest BCUT2D eigenvalue weighted by Gasteiger charge is -2.29. The van der Waals surface area contributed by atoms with Gasteiger partial charge in [0.05, 0.1) is 4.91 Å². The van der Waals surface area contributed by atoms with Gasteiger partial charge >= 0.3 is 5.97 Å². The van der Waals surface area contributed by atoms with Crippen molar-refractivity contribution in [3.05, 3.63) is 40.1 Å². The van der Waals surface area contributed by atoms with Gasteiger partial charge < -0.3 is 4.74 Å². The lowest BCUT2D eigenvalue weighted by atomic mass is 9.94. The van der Waals surface area contributed by atoms with Gasteiger partial charge in [0.25, 0.3) is 0 Å². The van der Waals surface area contributed by atoms with Crippen LogP contribution in [0, 0.1) is 0 Å². The summed E-state index contributed by atoms with van der Waals surface area (Å²) in [6, 6.07) is 9.56. The number of ether oxygens (including phenoxy) is 1. The summed E-state index contributed by atoms with van der Waals surface area (Å²) in [4.78, 5) is 13.7. The molecule has 6 heteroatoms. The number of sulfone groups is 1. The topological polar surface area (TPSA) is 60.4 Å². The second-order valence-corrected chi connectivity index (χ2v) is 9.18. The number of carbonyl (C=O) groups is 1. The molecule has 3 rings (SSSR count). The fourth-order valence-corrected chi connectivity index (χ4v) is 5.85. The Morgan fingerprint density at radius 2 is 1.65 bits per heavy atom. The van der Waals surface area contributed by atoms with Crippen LogP contribution in [0.5, 0.6) is 0 Å². The summed E-state index contributed by atoms with van der Waals surface area (Å²) in [5, 5.41) is 0. The summed E-state index contributed by atoms with van der Waals surface area (Å²) in [5.74, 6) is -0.687. The molecule has 1 aliphatic heterocycles. The van der Waals surface area contributed by atoms with Gasteiger partial charge in [-0.1, -0.05) is 42.8 Å². The lowest BCUT2D eigenvalue weighted by Crippen LogP contribution is -2.30. The van der Waals surface area contributed by atoms with Crippen LogP contribution in [0.3, 0.4) is 0 Å². The summed E-state index contributed by atoms with van der Waals surface area (Å²) in [5.41, 5.74) is -0.757. The van der Waals surface area contributed by atoms with Gasteiger partial charge in [-0.2, -0.15) is 0 Å². The zero-order chi connectivity index (χ0) is 16.5. The summed E-state index contributed by atoms with van der Waals surface area (Å²) >= 11 is 1.36. The number of rotatable bonds is 3. The van der Waals surface area contributed by atoms with Crippen molar-refractivity contribution in [3.8, 4) is 0 Å². The van der Waals surface area contributed by atoms with Gasteiger partial charge in [-0.05, 0) is 37.8 Å². The molecule has 0 N–H and O–H groups in total. The van der Waals surface area contributed by atoms with E-state index in [4.69, 9.17) is 4.74 Å². The van der Waals surface area contributed by atoms with Gasteiger partial charge in [-0.25, -0.2) is 13.2 Å². The number of esters is 1. The summed E-state index contributed by atoms with van der Waals surface area (Å²) < 4.78 is 30.0. The molecule has 0 aromatic heterocycles. The molecule has 1 aromatic rings. The molecule has 0 amide bonds. The first kappa shape index (κ1) is 16.6. The summed E-state index contributed by atoms with van der Waals surface area (Å²) in [7, 11) is -3.62. The number of carbonyl (C=O) groups excluding carboxylic acids is 1. The molecular weight excluding hydrogens is 332 g/mol. The van der Waals surface area contributed by atoms with E-state index in [9.17, 15) is 13.2 Å². The van der Waals surface area contributed by atoms with Crippen LogP contribution in [0.25, 0.3) is 0 Å². The molecule has 2 aliphatic rings. The first-order chi connectivity index (χ1) is 10.9. The van der Waals surface area contributed by atoms with E-state index in [1.807, 2.05) is 30.3 Å². The second kappa shape index (κ2) is 6.32. The number of hydrogen-bond donors (Lipinski definition) is 0. The predicted molar refractivity (Wildman–Crippen MR) is 90.7 cm³/mol.